The summed E-state index contributed by atoms with van der Waals surface area (Å²) in [6.07, 6.45) is 24.9. The van der Waals surface area contributed by atoms with E-state index in [0.717, 1.165) is 12.8 Å². The monoisotopic (exact) mass is 424 g/mol. The molecule has 0 fully saturated rings. The SMILES string of the molecule is CCCCCCCC/C=C/CCCCCCCCCC(=O)O[Si](C)(C)C(C)(C)C. The molecule has 0 aromatic carbocycles. The van der Waals surface area contributed by atoms with Gasteiger partial charge in [-0.05, 0) is 50.2 Å². The molecule has 0 unspecified atom stereocenters. The quantitative estimate of drug-likeness (QED) is 0.124. The summed E-state index contributed by atoms with van der Waals surface area (Å²) in [4.78, 5) is 12.1. The van der Waals surface area contributed by atoms with Crippen molar-refractivity contribution >= 4 is 14.3 Å². The largest absolute Gasteiger partial charge is 0.519 e. The first kappa shape index (κ1) is 28.4. The lowest BCUT2D eigenvalue weighted by atomic mass is 10.1. The van der Waals surface area contributed by atoms with Crippen molar-refractivity contribution in [2.24, 2.45) is 0 Å². The van der Waals surface area contributed by atoms with Gasteiger partial charge in [-0.3, -0.25) is 4.79 Å². The van der Waals surface area contributed by atoms with Crippen LogP contribution in [0.2, 0.25) is 18.1 Å². The molecule has 2 nitrogen and oxygen atoms in total. The van der Waals surface area contributed by atoms with Crippen molar-refractivity contribution in [3.8, 4) is 0 Å². The van der Waals surface area contributed by atoms with Crippen LogP contribution in [0.5, 0.6) is 0 Å². The highest BCUT2D eigenvalue weighted by atomic mass is 28.4. The Balaban J connectivity index is 3.41. The first-order valence-electron chi connectivity index (χ1n) is 12.6. The summed E-state index contributed by atoms with van der Waals surface area (Å²) in [5.41, 5.74) is 0. The molecular formula is C26H52O2Si. The maximum Gasteiger partial charge on any atom is 0.292 e. The van der Waals surface area contributed by atoms with Gasteiger partial charge in [-0.1, -0.05) is 104 Å². The van der Waals surface area contributed by atoms with E-state index in [1.165, 1.54) is 83.5 Å². The Morgan fingerprint density at radius 2 is 1.14 bits per heavy atom. The lowest BCUT2D eigenvalue weighted by Gasteiger charge is -2.35. The molecule has 0 aromatic heterocycles. The number of carbonyl (C=O) groups is 1. The van der Waals surface area contributed by atoms with Crippen LogP contribution >= 0.6 is 0 Å². The topological polar surface area (TPSA) is 26.3 Å². The maximum atomic E-state index is 12.1. The summed E-state index contributed by atoms with van der Waals surface area (Å²) in [5.74, 6) is 0.0179. The summed E-state index contributed by atoms with van der Waals surface area (Å²) in [7, 11) is -1.94. The number of unbranched alkanes of at least 4 members (excludes halogenated alkanes) is 13. The van der Waals surface area contributed by atoms with E-state index < -0.39 is 8.32 Å². The minimum atomic E-state index is -1.94. The zero-order chi connectivity index (χ0) is 22.0. The molecule has 3 heteroatoms. The van der Waals surface area contributed by atoms with E-state index >= 15 is 0 Å². The molecule has 0 aliphatic carbocycles. The molecule has 0 aliphatic heterocycles. The summed E-state index contributed by atoms with van der Waals surface area (Å²) in [6.45, 7) is 13.1. The highest BCUT2D eigenvalue weighted by Crippen LogP contribution is 2.36. The van der Waals surface area contributed by atoms with Crippen molar-refractivity contribution < 1.29 is 9.22 Å². The smallest absolute Gasteiger partial charge is 0.292 e. The number of hydrogen-bond donors (Lipinski definition) is 0. The zero-order valence-electron chi connectivity index (χ0n) is 20.8. The van der Waals surface area contributed by atoms with Gasteiger partial charge in [0.25, 0.3) is 14.3 Å². The number of hydrogen-bond acceptors (Lipinski definition) is 2. The first-order valence-corrected chi connectivity index (χ1v) is 15.5. The van der Waals surface area contributed by atoms with Crippen LogP contribution in [-0.4, -0.2) is 14.3 Å². The number of carbonyl (C=O) groups excluding carboxylic acids is 1. The van der Waals surface area contributed by atoms with Gasteiger partial charge < -0.3 is 4.43 Å². The van der Waals surface area contributed by atoms with Crippen molar-refractivity contribution in [3.05, 3.63) is 12.2 Å². The lowest BCUT2D eigenvalue weighted by Crippen LogP contribution is -2.42. The average molecular weight is 425 g/mol. The Hall–Kier alpha value is -0.573. The highest BCUT2D eigenvalue weighted by Gasteiger charge is 2.40. The zero-order valence-corrected chi connectivity index (χ0v) is 21.8. The molecular weight excluding hydrogens is 372 g/mol. The maximum absolute atomic E-state index is 12.1. The standard InChI is InChI=1S/C26H52O2Si/c1-7-8-9-10-11-12-13-14-15-16-17-18-19-20-21-22-23-24-25(27)28-29(5,6)26(2,3)4/h14-15H,7-13,16-24H2,1-6H3/b15-14+. The van der Waals surface area contributed by atoms with Gasteiger partial charge in [-0.2, -0.15) is 0 Å². The summed E-state index contributed by atoms with van der Waals surface area (Å²) >= 11 is 0. The lowest BCUT2D eigenvalue weighted by molar-refractivity contribution is -0.135. The number of rotatable bonds is 18. The van der Waals surface area contributed by atoms with Crippen LogP contribution < -0.4 is 0 Å². The summed E-state index contributed by atoms with van der Waals surface area (Å²) in [6, 6.07) is 0. The molecule has 0 rings (SSSR count). The molecule has 0 spiro atoms. The molecule has 0 amide bonds. The Kier molecular flexibility index (Phi) is 16.8. The predicted molar refractivity (Wildman–Crippen MR) is 132 cm³/mol. The number of allylic oxidation sites excluding steroid dienone is 2. The van der Waals surface area contributed by atoms with Crippen molar-refractivity contribution in [1.29, 1.82) is 0 Å². The van der Waals surface area contributed by atoms with Gasteiger partial charge in [-0.25, -0.2) is 0 Å². The van der Waals surface area contributed by atoms with E-state index in [2.05, 4.69) is 52.9 Å². The van der Waals surface area contributed by atoms with E-state index in [-0.39, 0.29) is 11.0 Å². The van der Waals surface area contributed by atoms with Crippen molar-refractivity contribution in [2.75, 3.05) is 0 Å². The normalized spacial score (nSPS) is 12.6. The first-order chi connectivity index (χ1) is 13.7. The van der Waals surface area contributed by atoms with Crippen LogP contribution in [0.1, 0.15) is 130 Å². The van der Waals surface area contributed by atoms with Gasteiger partial charge in [-0.15, -0.1) is 0 Å². The average Bonchev–Trinajstić information content (AvgIpc) is 2.63. The Morgan fingerprint density at radius 3 is 1.59 bits per heavy atom. The van der Waals surface area contributed by atoms with Gasteiger partial charge in [0, 0.05) is 6.42 Å². The van der Waals surface area contributed by atoms with Crippen LogP contribution in [-0.2, 0) is 9.22 Å². The fraction of sp³-hybridized carbons (Fsp3) is 0.885. The Morgan fingerprint density at radius 1 is 0.724 bits per heavy atom. The van der Waals surface area contributed by atoms with E-state index in [1.54, 1.807) is 0 Å². The predicted octanol–water partition coefficient (Wildman–Crippen LogP) is 9.35. The van der Waals surface area contributed by atoms with Gasteiger partial charge in [0.15, 0.2) is 0 Å². The minimum Gasteiger partial charge on any atom is -0.519 e. The van der Waals surface area contributed by atoms with E-state index in [4.69, 9.17) is 4.43 Å². The Bertz CT molecular complexity index is 421. The van der Waals surface area contributed by atoms with Crippen molar-refractivity contribution in [1.82, 2.24) is 0 Å². The van der Waals surface area contributed by atoms with E-state index in [1.807, 2.05) is 0 Å². The fourth-order valence-corrected chi connectivity index (χ4v) is 4.16. The fourth-order valence-electron chi connectivity index (χ4n) is 3.18. The van der Waals surface area contributed by atoms with Gasteiger partial charge in [0.1, 0.15) is 0 Å². The summed E-state index contributed by atoms with van der Waals surface area (Å²) < 4.78 is 5.82. The van der Waals surface area contributed by atoms with Crippen LogP contribution in [0, 0.1) is 0 Å². The van der Waals surface area contributed by atoms with Gasteiger partial charge in [0.2, 0.25) is 0 Å². The van der Waals surface area contributed by atoms with Gasteiger partial charge in [0.05, 0.1) is 0 Å². The second-order valence-corrected chi connectivity index (χ2v) is 15.0. The summed E-state index contributed by atoms with van der Waals surface area (Å²) in [5, 5.41) is 0.103. The molecule has 29 heavy (non-hydrogen) atoms. The van der Waals surface area contributed by atoms with E-state index in [9.17, 15) is 4.79 Å². The van der Waals surface area contributed by atoms with Crippen molar-refractivity contribution in [2.45, 2.75) is 149 Å². The molecule has 0 saturated carbocycles. The van der Waals surface area contributed by atoms with Crippen LogP contribution in [0.3, 0.4) is 0 Å². The van der Waals surface area contributed by atoms with Gasteiger partial charge >= 0.3 is 0 Å². The minimum absolute atomic E-state index is 0.0179. The molecule has 0 heterocycles. The molecule has 0 radical (unpaired) electrons. The molecule has 0 atom stereocenters. The Labute approximate surface area is 184 Å². The molecule has 0 N–H and O–H groups in total. The molecule has 0 aliphatic rings. The molecule has 0 aromatic rings. The molecule has 172 valence electrons. The third kappa shape index (κ3) is 16.9. The third-order valence-electron chi connectivity index (χ3n) is 6.32. The molecule has 0 bridgehead atoms. The molecule has 0 saturated heterocycles. The highest BCUT2D eigenvalue weighted by molar-refractivity contribution is 6.75. The second kappa shape index (κ2) is 17.1. The third-order valence-corrected chi connectivity index (χ3v) is 10.7. The van der Waals surface area contributed by atoms with Crippen LogP contribution in [0.25, 0.3) is 0 Å². The van der Waals surface area contributed by atoms with Crippen LogP contribution in [0.15, 0.2) is 12.2 Å². The van der Waals surface area contributed by atoms with E-state index in [0.29, 0.717) is 6.42 Å². The second-order valence-electron chi connectivity index (χ2n) is 10.3. The van der Waals surface area contributed by atoms with Crippen molar-refractivity contribution in [3.63, 3.8) is 0 Å². The van der Waals surface area contributed by atoms with Crippen LogP contribution in [0.4, 0.5) is 0 Å².